The van der Waals surface area contributed by atoms with Gasteiger partial charge >= 0.3 is 0 Å². The fourth-order valence-corrected chi connectivity index (χ4v) is 10.0. The largest absolute Gasteiger partial charge is 0.449 e. The van der Waals surface area contributed by atoms with Crippen LogP contribution in [0, 0.1) is 0 Å². The molecule has 0 amide bonds. The third kappa shape index (κ3) is 6.45. The van der Waals surface area contributed by atoms with Crippen molar-refractivity contribution in [1.29, 1.82) is 0 Å². The molecule has 1 aliphatic carbocycles. The maximum Gasteiger partial charge on any atom is 0.179 e. The summed E-state index contributed by atoms with van der Waals surface area (Å²) in [4.78, 5) is 4.64. The van der Waals surface area contributed by atoms with E-state index < -0.39 is 0 Å². The van der Waals surface area contributed by atoms with Crippen LogP contribution in [0.1, 0.15) is 25.0 Å². The molecular weight excluding hydrogens is 793 g/mol. The van der Waals surface area contributed by atoms with Crippen LogP contribution in [0.4, 0.5) is 34.1 Å². The van der Waals surface area contributed by atoms with Crippen molar-refractivity contribution >= 4 is 44.9 Å². The summed E-state index contributed by atoms with van der Waals surface area (Å²) in [5, 5.41) is 2.16. The third-order valence-corrected chi connectivity index (χ3v) is 13.1. The van der Waals surface area contributed by atoms with Crippen molar-refractivity contribution in [2.24, 2.45) is 0 Å². The second kappa shape index (κ2) is 15.5. The molecule has 0 bridgehead atoms. The minimum atomic E-state index is -0.117. The summed E-state index contributed by atoms with van der Waals surface area (Å²) in [5.74, 6) is 2.77. The Labute approximate surface area is 379 Å². The normalized spacial score (nSPS) is 12.8. The van der Waals surface area contributed by atoms with E-state index in [0.717, 1.165) is 67.2 Å². The highest BCUT2D eigenvalue weighted by Crippen LogP contribution is 2.58. The fraction of sp³-hybridized carbons (Fsp3) is 0.0492. The van der Waals surface area contributed by atoms with Crippen LogP contribution < -0.4 is 19.3 Å². The van der Waals surface area contributed by atoms with Crippen LogP contribution >= 0.6 is 0 Å². The van der Waals surface area contributed by atoms with Gasteiger partial charge in [0.25, 0.3) is 0 Å². The van der Waals surface area contributed by atoms with E-state index >= 15 is 0 Å². The molecule has 0 spiro atoms. The predicted molar refractivity (Wildman–Crippen MR) is 268 cm³/mol. The van der Waals surface area contributed by atoms with Crippen molar-refractivity contribution in [3.63, 3.8) is 0 Å². The van der Waals surface area contributed by atoms with Gasteiger partial charge in [0.15, 0.2) is 23.0 Å². The molecule has 0 aromatic heterocycles. The Bertz CT molecular complexity index is 3340. The van der Waals surface area contributed by atoms with E-state index in [9.17, 15) is 0 Å². The van der Waals surface area contributed by atoms with Crippen LogP contribution in [-0.2, 0) is 5.41 Å². The second-order valence-electron chi connectivity index (χ2n) is 17.3. The van der Waals surface area contributed by atoms with Crippen molar-refractivity contribution in [2.75, 3.05) is 9.80 Å². The van der Waals surface area contributed by atoms with Gasteiger partial charge in [-0.2, -0.15) is 0 Å². The summed E-state index contributed by atoms with van der Waals surface area (Å²) < 4.78 is 13.9. The molecule has 0 saturated carbocycles. The van der Waals surface area contributed by atoms with E-state index in [2.05, 4.69) is 230 Å². The lowest BCUT2D eigenvalue weighted by Gasteiger charge is -2.29. The quantitative estimate of drug-likeness (QED) is 0.152. The van der Waals surface area contributed by atoms with Gasteiger partial charge in [-0.1, -0.05) is 159 Å². The first-order valence-corrected chi connectivity index (χ1v) is 22.3. The number of ether oxygens (including phenoxy) is 2. The predicted octanol–water partition coefficient (Wildman–Crippen LogP) is 17.3. The number of nitrogens with zero attached hydrogens (tertiary/aromatic N) is 2. The molecule has 4 nitrogen and oxygen atoms in total. The van der Waals surface area contributed by atoms with E-state index in [1.807, 2.05) is 24.3 Å². The van der Waals surface area contributed by atoms with Crippen molar-refractivity contribution in [3.8, 4) is 56.4 Å². The fourth-order valence-electron chi connectivity index (χ4n) is 10.0. The van der Waals surface area contributed by atoms with E-state index in [1.165, 1.54) is 22.3 Å². The lowest BCUT2D eigenvalue weighted by molar-refractivity contribution is 0.362. The Morgan fingerprint density at radius 1 is 0.323 bits per heavy atom. The van der Waals surface area contributed by atoms with Gasteiger partial charge in [0, 0.05) is 50.7 Å². The zero-order valence-corrected chi connectivity index (χ0v) is 36.2. The molecule has 1 aliphatic heterocycles. The molecule has 65 heavy (non-hydrogen) atoms. The highest BCUT2D eigenvalue weighted by molar-refractivity contribution is 6.11. The SMILES string of the molecule is CC1(C)c2ccccc2-c2ccc(N(c3ccccc3)c3ccc(-c4c5c(c(-c6ccc(N(c7ccccc7)c7ccccc7)cc6)c6ccccc46)Oc4ccccc4O5)cc3)cc21. The van der Waals surface area contributed by atoms with E-state index in [1.54, 1.807) is 0 Å². The number of benzene rings is 10. The van der Waals surface area contributed by atoms with E-state index in [0.29, 0.717) is 23.0 Å². The number of hydrogen-bond acceptors (Lipinski definition) is 4. The lowest BCUT2D eigenvalue weighted by Crippen LogP contribution is -2.16. The first kappa shape index (κ1) is 38.3. The Balaban J connectivity index is 0.986. The first-order valence-electron chi connectivity index (χ1n) is 22.3. The van der Waals surface area contributed by atoms with Crippen LogP contribution in [0.2, 0.25) is 0 Å². The number of rotatable bonds is 8. The Morgan fingerprint density at radius 3 is 1.18 bits per heavy atom. The van der Waals surface area contributed by atoms with Crippen LogP contribution in [0.5, 0.6) is 23.0 Å². The van der Waals surface area contributed by atoms with Crippen LogP contribution in [0.25, 0.3) is 44.2 Å². The Morgan fingerprint density at radius 2 is 0.692 bits per heavy atom. The second-order valence-corrected chi connectivity index (χ2v) is 17.3. The van der Waals surface area contributed by atoms with Crippen molar-refractivity contribution in [1.82, 2.24) is 0 Å². The Kier molecular flexibility index (Phi) is 9.13. The molecule has 2 aliphatic rings. The number of hydrogen-bond donors (Lipinski definition) is 0. The molecule has 0 N–H and O–H groups in total. The van der Waals surface area contributed by atoms with E-state index in [4.69, 9.17) is 9.47 Å². The monoisotopic (exact) mass is 836 g/mol. The van der Waals surface area contributed by atoms with Crippen molar-refractivity contribution in [2.45, 2.75) is 19.3 Å². The van der Waals surface area contributed by atoms with Gasteiger partial charge in [-0.25, -0.2) is 0 Å². The molecule has 1 heterocycles. The topological polar surface area (TPSA) is 24.9 Å². The maximum atomic E-state index is 6.97. The van der Waals surface area contributed by atoms with Gasteiger partial charge < -0.3 is 19.3 Å². The van der Waals surface area contributed by atoms with Crippen molar-refractivity contribution < 1.29 is 9.47 Å². The van der Waals surface area contributed by atoms with Gasteiger partial charge in [0.05, 0.1) is 0 Å². The van der Waals surface area contributed by atoms with Crippen LogP contribution in [-0.4, -0.2) is 0 Å². The molecule has 4 heteroatoms. The molecule has 0 atom stereocenters. The summed E-state index contributed by atoms with van der Waals surface area (Å²) in [5.41, 5.74) is 15.8. The highest BCUT2D eigenvalue weighted by atomic mass is 16.6. The van der Waals surface area contributed by atoms with Gasteiger partial charge in [0.1, 0.15) is 0 Å². The van der Waals surface area contributed by atoms with Gasteiger partial charge in [-0.3, -0.25) is 0 Å². The molecule has 310 valence electrons. The average molecular weight is 837 g/mol. The zero-order valence-electron chi connectivity index (χ0n) is 36.2. The minimum absolute atomic E-state index is 0.117. The molecule has 0 fully saturated rings. The summed E-state index contributed by atoms with van der Waals surface area (Å²) >= 11 is 0. The highest BCUT2D eigenvalue weighted by Gasteiger charge is 2.36. The number of anilines is 6. The first-order chi connectivity index (χ1) is 32.0. The third-order valence-electron chi connectivity index (χ3n) is 13.1. The Hall–Kier alpha value is -8.34. The average Bonchev–Trinajstić information content (AvgIpc) is 3.59. The maximum absolute atomic E-state index is 6.97. The summed E-state index contributed by atoms with van der Waals surface area (Å²) in [6, 6.07) is 81.6. The lowest BCUT2D eigenvalue weighted by atomic mass is 9.82. The van der Waals surface area contributed by atoms with Gasteiger partial charge in [-0.15, -0.1) is 0 Å². The summed E-state index contributed by atoms with van der Waals surface area (Å²) in [7, 11) is 0. The summed E-state index contributed by atoms with van der Waals surface area (Å²) in [6.07, 6.45) is 0. The molecule has 10 aromatic carbocycles. The van der Waals surface area contributed by atoms with Gasteiger partial charge in [0.2, 0.25) is 0 Å². The molecule has 0 saturated heterocycles. The van der Waals surface area contributed by atoms with Gasteiger partial charge in [-0.05, 0) is 129 Å². The van der Waals surface area contributed by atoms with Crippen LogP contribution in [0.3, 0.4) is 0 Å². The number of para-hydroxylation sites is 5. The molecule has 0 unspecified atom stereocenters. The smallest absolute Gasteiger partial charge is 0.179 e. The molecule has 10 aromatic rings. The standard InChI is InChI=1S/C61H44N2O2/c1-61(2)53-27-15-14-24-49(53)50-39-38-48(40-54(50)61)63(45-22-10-5-11-23-45)47-36-32-42(33-37-47)58-52-26-13-12-25-51(52)57(59-60(58)65-56-29-17-16-28-55(56)64-59)41-30-34-46(35-31-41)62(43-18-6-3-7-19-43)44-20-8-4-9-21-44/h3-40H,1-2H3. The molecule has 0 radical (unpaired) electrons. The number of fused-ring (bicyclic) bond motifs is 6. The molecular formula is C61H44N2O2. The minimum Gasteiger partial charge on any atom is -0.449 e. The van der Waals surface area contributed by atoms with Crippen molar-refractivity contribution in [3.05, 3.63) is 242 Å². The summed E-state index contributed by atoms with van der Waals surface area (Å²) in [6.45, 7) is 4.67. The zero-order chi connectivity index (χ0) is 43.5. The molecule has 12 rings (SSSR count). The van der Waals surface area contributed by atoms with Crippen LogP contribution in [0.15, 0.2) is 231 Å². The van der Waals surface area contributed by atoms with E-state index in [-0.39, 0.29) is 5.41 Å².